The molecule has 2 heterocycles. The van der Waals surface area contributed by atoms with Gasteiger partial charge in [0.1, 0.15) is 5.71 Å². The Kier molecular flexibility index (Phi) is 4.29. The van der Waals surface area contributed by atoms with Gasteiger partial charge in [0, 0.05) is 27.8 Å². The van der Waals surface area contributed by atoms with Crippen molar-refractivity contribution in [2.24, 2.45) is 5.16 Å². The van der Waals surface area contributed by atoms with Crippen molar-refractivity contribution >= 4 is 39.0 Å². The molecule has 1 aliphatic rings. The molecule has 6 rings (SSSR count). The Hall–Kier alpha value is -3.56. The van der Waals surface area contributed by atoms with Crippen LogP contribution in [0.3, 0.4) is 0 Å². The van der Waals surface area contributed by atoms with Gasteiger partial charge in [0.2, 0.25) is 0 Å². The van der Waals surface area contributed by atoms with E-state index in [1.54, 1.807) is 0 Å². The van der Waals surface area contributed by atoms with Crippen molar-refractivity contribution in [3.63, 3.8) is 0 Å². The molecular formula is C27H19ClN2O. The molecule has 31 heavy (non-hydrogen) atoms. The summed E-state index contributed by atoms with van der Waals surface area (Å²) in [6, 6.07) is 31.1. The second-order valence-corrected chi connectivity index (χ2v) is 8.27. The molecule has 0 bridgehead atoms. The second kappa shape index (κ2) is 7.29. The Morgan fingerprint density at radius 2 is 1.58 bits per heavy atom. The first kappa shape index (κ1) is 18.2. The van der Waals surface area contributed by atoms with Gasteiger partial charge in [0.15, 0.2) is 6.10 Å². The Morgan fingerprint density at radius 3 is 2.42 bits per heavy atom. The minimum absolute atomic E-state index is 0.112. The van der Waals surface area contributed by atoms with Gasteiger partial charge in [-0.15, -0.1) is 0 Å². The maximum absolute atomic E-state index is 6.05. The molecule has 150 valence electrons. The smallest absolute Gasteiger partial charge is 0.158 e. The van der Waals surface area contributed by atoms with Crippen molar-refractivity contribution in [1.29, 1.82) is 0 Å². The van der Waals surface area contributed by atoms with Gasteiger partial charge in [0.25, 0.3) is 0 Å². The Bertz CT molecular complexity index is 1440. The standard InChI is InChI=1S/C27H19ClN2O/c28-20-13-10-18(11-14-20)24-16-23(30-31-24)27-25(19-7-2-1-3-8-19)22-15-12-17-6-4-5-9-21(17)26(22)29-27/h1-15,24,29H,16H2. The number of halogens is 1. The average Bonchev–Trinajstić information content (AvgIpc) is 3.45. The lowest BCUT2D eigenvalue weighted by Gasteiger charge is -2.08. The molecule has 0 saturated carbocycles. The SMILES string of the molecule is Clc1ccc(C2CC(c3[nH]c4c(ccc5ccccc54)c3-c3ccccc3)=NO2)cc1. The van der Waals surface area contributed by atoms with Crippen LogP contribution in [-0.4, -0.2) is 10.7 Å². The molecule has 5 aromatic rings. The van der Waals surface area contributed by atoms with E-state index < -0.39 is 0 Å². The minimum Gasteiger partial charge on any atom is -0.387 e. The third kappa shape index (κ3) is 3.09. The molecule has 4 heteroatoms. The van der Waals surface area contributed by atoms with Gasteiger partial charge in [-0.1, -0.05) is 95.6 Å². The highest BCUT2D eigenvalue weighted by Crippen LogP contribution is 2.39. The van der Waals surface area contributed by atoms with Gasteiger partial charge in [-0.05, 0) is 28.6 Å². The first-order valence-electron chi connectivity index (χ1n) is 10.4. The minimum atomic E-state index is -0.112. The second-order valence-electron chi connectivity index (χ2n) is 7.84. The number of oxime groups is 1. The molecule has 1 aromatic heterocycles. The van der Waals surface area contributed by atoms with Gasteiger partial charge in [0.05, 0.1) is 11.2 Å². The van der Waals surface area contributed by atoms with Crippen LogP contribution >= 0.6 is 11.6 Å². The Morgan fingerprint density at radius 1 is 0.806 bits per heavy atom. The number of nitrogens with zero attached hydrogens (tertiary/aromatic N) is 1. The number of rotatable bonds is 3. The predicted octanol–water partition coefficient (Wildman–Crippen LogP) is 7.51. The number of H-pyrrole nitrogens is 1. The molecule has 1 aliphatic heterocycles. The summed E-state index contributed by atoms with van der Waals surface area (Å²) in [6.07, 6.45) is 0.589. The quantitative estimate of drug-likeness (QED) is 0.321. The zero-order chi connectivity index (χ0) is 20.8. The van der Waals surface area contributed by atoms with Crippen molar-refractivity contribution in [2.75, 3.05) is 0 Å². The summed E-state index contributed by atoms with van der Waals surface area (Å²) in [4.78, 5) is 9.54. The fourth-order valence-corrected chi connectivity index (χ4v) is 4.57. The summed E-state index contributed by atoms with van der Waals surface area (Å²) in [5.41, 5.74) is 6.49. The molecule has 4 aromatic carbocycles. The molecule has 3 nitrogen and oxygen atoms in total. The fourth-order valence-electron chi connectivity index (χ4n) is 4.44. The van der Waals surface area contributed by atoms with Crippen LogP contribution in [0.2, 0.25) is 5.02 Å². The number of nitrogens with one attached hydrogen (secondary N) is 1. The highest BCUT2D eigenvalue weighted by molar-refractivity contribution is 6.30. The zero-order valence-corrected chi connectivity index (χ0v) is 17.4. The number of hydrogen-bond acceptors (Lipinski definition) is 2. The van der Waals surface area contributed by atoms with E-state index in [1.165, 1.54) is 21.7 Å². The molecule has 0 spiro atoms. The molecule has 0 amide bonds. The van der Waals surface area contributed by atoms with Crippen molar-refractivity contribution in [2.45, 2.75) is 12.5 Å². The number of hydrogen-bond donors (Lipinski definition) is 1. The summed E-state index contributed by atoms with van der Waals surface area (Å²) in [5, 5.41) is 8.83. The third-order valence-corrected chi connectivity index (χ3v) is 6.21. The number of aromatic amines is 1. The van der Waals surface area contributed by atoms with Crippen molar-refractivity contribution in [3.05, 3.63) is 107 Å². The average molecular weight is 423 g/mol. The fraction of sp³-hybridized carbons (Fsp3) is 0.0741. The number of aromatic nitrogens is 1. The third-order valence-electron chi connectivity index (χ3n) is 5.96. The van der Waals surface area contributed by atoms with Gasteiger partial charge in [-0.3, -0.25) is 0 Å². The maximum Gasteiger partial charge on any atom is 0.158 e. The zero-order valence-electron chi connectivity index (χ0n) is 16.7. The van der Waals surface area contributed by atoms with Crippen molar-refractivity contribution in [3.8, 4) is 11.1 Å². The first-order valence-corrected chi connectivity index (χ1v) is 10.7. The number of fused-ring (bicyclic) bond motifs is 3. The van der Waals surface area contributed by atoms with E-state index in [-0.39, 0.29) is 6.10 Å². The number of benzene rings is 4. The lowest BCUT2D eigenvalue weighted by Crippen LogP contribution is -2.03. The summed E-state index contributed by atoms with van der Waals surface area (Å²) >= 11 is 6.05. The molecule has 1 N–H and O–H groups in total. The molecule has 0 saturated heterocycles. The van der Waals surface area contributed by atoms with E-state index in [0.29, 0.717) is 6.42 Å². The van der Waals surface area contributed by atoms with E-state index in [9.17, 15) is 0 Å². The molecule has 1 atom stereocenters. The van der Waals surface area contributed by atoms with E-state index in [2.05, 4.69) is 70.8 Å². The normalized spacial score (nSPS) is 15.9. The molecule has 1 unspecified atom stereocenters. The summed E-state index contributed by atoms with van der Waals surface area (Å²) in [7, 11) is 0. The van der Waals surface area contributed by atoms with E-state index in [0.717, 1.165) is 33.1 Å². The molecule has 0 fully saturated rings. The van der Waals surface area contributed by atoms with Crippen LogP contribution in [0.1, 0.15) is 23.8 Å². The maximum atomic E-state index is 6.05. The van der Waals surface area contributed by atoms with Gasteiger partial charge >= 0.3 is 0 Å². The van der Waals surface area contributed by atoms with Crippen LogP contribution in [0.15, 0.2) is 96.2 Å². The van der Waals surface area contributed by atoms with E-state index in [4.69, 9.17) is 16.4 Å². The molecular weight excluding hydrogens is 404 g/mol. The topological polar surface area (TPSA) is 37.4 Å². The summed E-state index contributed by atoms with van der Waals surface area (Å²) in [5.74, 6) is 0. The Balaban J connectivity index is 1.51. The van der Waals surface area contributed by atoms with Crippen LogP contribution in [-0.2, 0) is 4.84 Å². The van der Waals surface area contributed by atoms with Crippen molar-refractivity contribution in [1.82, 2.24) is 4.98 Å². The van der Waals surface area contributed by atoms with E-state index >= 15 is 0 Å². The van der Waals surface area contributed by atoms with Gasteiger partial charge in [-0.25, -0.2) is 0 Å². The van der Waals surface area contributed by atoms with Crippen LogP contribution in [0.4, 0.5) is 0 Å². The lowest BCUT2D eigenvalue weighted by molar-refractivity contribution is 0.0857. The monoisotopic (exact) mass is 422 g/mol. The highest BCUT2D eigenvalue weighted by atomic mass is 35.5. The molecule has 0 radical (unpaired) electrons. The van der Waals surface area contributed by atoms with Crippen LogP contribution in [0, 0.1) is 0 Å². The molecule has 0 aliphatic carbocycles. The van der Waals surface area contributed by atoms with Gasteiger partial charge in [-0.2, -0.15) is 0 Å². The largest absolute Gasteiger partial charge is 0.387 e. The predicted molar refractivity (Wildman–Crippen MR) is 128 cm³/mol. The Labute approximate surface area is 184 Å². The first-order chi connectivity index (χ1) is 15.3. The summed E-state index contributed by atoms with van der Waals surface area (Å²) in [6.45, 7) is 0. The lowest BCUT2D eigenvalue weighted by atomic mass is 9.96. The highest BCUT2D eigenvalue weighted by Gasteiger charge is 2.28. The van der Waals surface area contributed by atoms with E-state index in [1.807, 2.05) is 30.3 Å². The van der Waals surface area contributed by atoms with Crippen LogP contribution in [0.25, 0.3) is 32.8 Å². The van der Waals surface area contributed by atoms with Gasteiger partial charge < -0.3 is 9.82 Å². The van der Waals surface area contributed by atoms with Crippen LogP contribution < -0.4 is 0 Å². The van der Waals surface area contributed by atoms with Crippen LogP contribution in [0.5, 0.6) is 0 Å². The summed E-state index contributed by atoms with van der Waals surface area (Å²) < 4.78 is 0. The van der Waals surface area contributed by atoms with Crippen molar-refractivity contribution < 1.29 is 4.84 Å².